The van der Waals surface area contributed by atoms with E-state index in [-0.39, 0.29) is 23.2 Å². The molecule has 20 heavy (non-hydrogen) atoms. The van der Waals surface area contributed by atoms with Crippen molar-refractivity contribution in [2.75, 3.05) is 5.32 Å². The first-order chi connectivity index (χ1) is 9.39. The molecule has 1 aromatic rings. The van der Waals surface area contributed by atoms with Crippen LogP contribution in [-0.4, -0.2) is 23.9 Å². The summed E-state index contributed by atoms with van der Waals surface area (Å²) >= 11 is 0. The van der Waals surface area contributed by atoms with Gasteiger partial charge in [0.25, 0.3) is 0 Å². The number of anilines is 1. The number of hydrogen-bond acceptors (Lipinski definition) is 3. The number of rotatable bonds is 2. The Morgan fingerprint density at radius 1 is 1.25 bits per heavy atom. The van der Waals surface area contributed by atoms with Gasteiger partial charge < -0.3 is 9.47 Å². The molecule has 2 aliphatic rings. The van der Waals surface area contributed by atoms with Gasteiger partial charge >= 0.3 is 6.09 Å². The third-order valence-corrected chi connectivity index (χ3v) is 4.27. The van der Waals surface area contributed by atoms with Crippen molar-refractivity contribution in [1.82, 2.24) is 0 Å². The quantitative estimate of drug-likeness (QED) is 0.839. The minimum atomic E-state index is -0.389. The number of para-hydroxylation sites is 1. The highest BCUT2D eigenvalue weighted by Gasteiger charge is 2.64. The van der Waals surface area contributed by atoms with Crippen LogP contribution < -0.4 is 5.32 Å². The molecule has 0 bridgehead atoms. The van der Waals surface area contributed by atoms with Gasteiger partial charge in [0.1, 0.15) is 6.10 Å². The summed E-state index contributed by atoms with van der Waals surface area (Å²) in [5, 5.41) is 2.76. The number of fused-ring (bicyclic) bond motifs is 1. The van der Waals surface area contributed by atoms with E-state index in [2.05, 4.69) is 26.1 Å². The number of carbonyl (C=O) groups is 1. The summed E-state index contributed by atoms with van der Waals surface area (Å²) < 4.78 is 11.4. The van der Waals surface area contributed by atoms with Crippen LogP contribution in [-0.2, 0) is 9.47 Å². The lowest BCUT2D eigenvalue weighted by Gasteiger charge is -2.34. The first-order valence-electron chi connectivity index (χ1n) is 7.10. The standard InChI is InChI=1S/C16H21NO3/c1-15(2)9-12(10-16(3)13(15)20-16)19-14(18)17-11-7-5-4-6-8-11/h4-8,12-13H,9-10H2,1-3H3,(H,17,18)/t12-,13+,16-/m1/s1. The molecule has 4 heteroatoms. The van der Waals surface area contributed by atoms with Crippen LogP contribution in [0.25, 0.3) is 0 Å². The average molecular weight is 275 g/mol. The number of epoxide rings is 1. The fourth-order valence-electron chi connectivity index (χ4n) is 3.50. The van der Waals surface area contributed by atoms with Crippen LogP contribution in [0.2, 0.25) is 0 Å². The van der Waals surface area contributed by atoms with Crippen molar-refractivity contribution in [3.8, 4) is 0 Å². The summed E-state index contributed by atoms with van der Waals surface area (Å²) in [6, 6.07) is 9.35. The summed E-state index contributed by atoms with van der Waals surface area (Å²) in [4.78, 5) is 11.9. The van der Waals surface area contributed by atoms with Gasteiger partial charge in [-0.25, -0.2) is 4.79 Å². The predicted molar refractivity (Wildman–Crippen MR) is 76.6 cm³/mol. The van der Waals surface area contributed by atoms with E-state index >= 15 is 0 Å². The molecule has 1 saturated carbocycles. The van der Waals surface area contributed by atoms with Crippen molar-refractivity contribution in [2.45, 2.75) is 51.4 Å². The van der Waals surface area contributed by atoms with Crippen molar-refractivity contribution in [3.63, 3.8) is 0 Å². The van der Waals surface area contributed by atoms with Crippen LogP contribution in [0.4, 0.5) is 10.5 Å². The Labute approximate surface area is 119 Å². The highest BCUT2D eigenvalue weighted by molar-refractivity contribution is 5.84. The van der Waals surface area contributed by atoms with E-state index in [1.807, 2.05) is 30.3 Å². The molecule has 108 valence electrons. The fraction of sp³-hybridized carbons (Fsp3) is 0.562. The zero-order chi connectivity index (χ0) is 14.4. The number of nitrogens with one attached hydrogen (secondary N) is 1. The van der Waals surface area contributed by atoms with Crippen molar-refractivity contribution >= 4 is 11.8 Å². The first-order valence-corrected chi connectivity index (χ1v) is 7.10. The van der Waals surface area contributed by atoms with E-state index in [0.29, 0.717) is 6.10 Å². The Kier molecular flexibility index (Phi) is 3.01. The Bertz CT molecular complexity index is 514. The van der Waals surface area contributed by atoms with Gasteiger partial charge in [-0.3, -0.25) is 5.32 Å². The minimum absolute atomic E-state index is 0.0602. The summed E-state index contributed by atoms with van der Waals surface area (Å²) in [5.41, 5.74) is 0.698. The van der Waals surface area contributed by atoms with E-state index in [0.717, 1.165) is 18.5 Å². The molecule has 1 amide bonds. The average Bonchev–Trinajstić information content (AvgIpc) is 3.02. The third kappa shape index (κ3) is 2.52. The maximum Gasteiger partial charge on any atom is 0.411 e. The second-order valence-electron chi connectivity index (χ2n) is 6.73. The molecular weight excluding hydrogens is 254 g/mol. The van der Waals surface area contributed by atoms with Crippen LogP contribution in [0.15, 0.2) is 30.3 Å². The van der Waals surface area contributed by atoms with Crippen molar-refractivity contribution < 1.29 is 14.3 Å². The zero-order valence-electron chi connectivity index (χ0n) is 12.2. The molecule has 3 rings (SSSR count). The zero-order valence-corrected chi connectivity index (χ0v) is 12.2. The van der Waals surface area contributed by atoms with Gasteiger partial charge in [-0.1, -0.05) is 32.0 Å². The monoisotopic (exact) mass is 275 g/mol. The van der Waals surface area contributed by atoms with Crippen LogP contribution >= 0.6 is 0 Å². The number of ether oxygens (including phenoxy) is 2. The number of hydrogen-bond donors (Lipinski definition) is 1. The van der Waals surface area contributed by atoms with Gasteiger partial charge in [0.15, 0.2) is 0 Å². The van der Waals surface area contributed by atoms with Gasteiger partial charge in [-0.2, -0.15) is 0 Å². The van der Waals surface area contributed by atoms with Crippen molar-refractivity contribution in [2.24, 2.45) is 5.41 Å². The molecule has 1 aliphatic carbocycles. The van der Waals surface area contributed by atoms with Crippen LogP contribution in [0.3, 0.4) is 0 Å². The molecule has 1 saturated heterocycles. The minimum Gasteiger partial charge on any atom is -0.446 e. The van der Waals surface area contributed by atoms with Gasteiger partial charge in [0.2, 0.25) is 0 Å². The molecule has 1 aromatic carbocycles. The maximum atomic E-state index is 11.9. The van der Waals surface area contributed by atoms with Crippen molar-refractivity contribution in [3.05, 3.63) is 30.3 Å². The largest absolute Gasteiger partial charge is 0.446 e. The third-order valence-electron chi connectivity index (χ3n) is 4.27. The Morgan fingerprint density at radius 3 is 2.60 bits per heavy atom. The SMILES string of the molecule is CC1(C)C[C@@H](OC(=O)Nc2ccccc2)C[C@@]2(C)O[C@@H]12. The molecule has 1 heterocycles. The first kappa shape index (κ1) is 13.4. The lowest BCUT2D eigenvalue weighted by atomic mass is 9.71. The highest BCUT2D eigenvalue weighted by atomic mass is 16.6. The molecule has 0 unspecified atom stereocenters. The normalized spacial score (nSPS) is 34.0. The fourth-order valence-corrected chi connectivity index (χ4v) is 3.50. The Balaban J connectivity index is 1.59. The number of carbonyl (C=O) groups excluding carboxylic acids is 1. The Hall–Kier alpha value is -1.55. The lowest BCUT2D eigenvalue weighted by molar-refractivity contribution is 0.0481. The molecular formula is C16H21NO3. The Morgan fingerprint density at radius 2 is 1.95 bits per heavy atom. The molecule has 0 radical (unpaired) electrons. The van der Waals surface area contributed by atoms with Crippen molar-refractivity contribution in [1.29, 1.82) is 0 Å². The number of amides is 1. The van der Waals surface area contributed by atoms with E-state index in [9.17, 15) is 4.79 Å². The van der Waals surface area contributed by atoms with Crippen LogP contribution in [0.1, 0.15) is 33.6 Å². The molecule has 4 nitrogen and oxygen atoms in total. The van der Waals surface area contributed by atoms with Crippen LogP contribution in [0.5, 0.6) is 0 Å². The van der Waals surface area contributed by atoms with E-state index in [4.69, 9.17) is 9.47 Å². The molecule has 1 aliphatic heterocycles. The van der Waals surface area contributed by atoms with Gasteiger partial charge in [-0.05, 0) is 30.9 Å². The summed E-state index contributed by atoms with van der Waals surface area (Å²) in [6.45, 7) is 6.45. The maximum absolute atomic E-state index is 11.9. The second-order valence-corrected chi connectivity index (χ2v) is 6.73. The lowest BCUT2D eigenvalue weighted by Crippen LogP contribution is -2.40. The molecule has 0 spiro atoms. The summed E-state index contributed by atoms with van der Waals surface area (Å²) in [7, 11) is 0. The predicted octanol–water partition coefficient (Wildman–Crippen LogP) is 3.58. The molecule has 1 N–H and O–H groups in total. The van der Waals surface area contributed by atoms with Gasteiger partial charge in [-0.15, -0.1) is 0 Å². The smallest absolute Gasteiger partial charge is 0.411 e. The van der Waals surface area contributed by atoms with E-state index in [1.165, 1.54) is 0 Å². The topological polar surface area (TPSA) is 50.9 Å². The molecule has 0 aromatic heterocycles. The summed E-state index contributed by atoms with van der Waals surface area (Å²) in [5.74, 6) is 0. The molecule has 2 fully saturated rings. The van der Waals surface area contributed by atoms with E-state index < -0.39 is 0 Å². The molecule has 3 atom stereocenters. The van der Waals surface area contributed by atoms with Gasteiger partial charge in [0, 0.05) is 12.1 Å². The highest BCUT2D eigenvalue weighted by Crippen LogP contribution is 2.56. The summed E-state index contributed by atoms with van der Waals surface area (Å²) in [6.07, 6.45) is 1.45. The number of benzene rings is 1. The van der Waals surface area contributed by atoms with E-state index in [1.54, 1.807) is 0 Å². The van der Waals surface area contributed by atoms with Crippen LogP contribution in [0, 0.1) is 5.41 Å². The van der Waals surface area contributed by atoms with Gasteiger partial charge in [0.05, 0.1) is 11.7 Å². The second kappa shape index (κ2) is 4.48.